The molecule has 140 valence electrons. The zero-order chi connectivity index (χ0) is 19.2. The average molecular weight is 461 g/mol. The van der Waals surface area contributed by atoms with Crippen molar-refractivity contribution in [1.29, 1.82) is 0 Å². The van der Waals surface area contributed by atoms with Crippen molar-refractivity contribution in [2.75, 3.05) is 11.9 Å². The van der Waals surface area contributed by atoms with E-state index >= 15 is 0 Å². The highest BCUT2D eigenvalue weighted by Crippen LogP contribution is 2.31. The third kappa shape index (κ3) is 5.99. The molecule has 10 heteroatoms. The average Bonchev–Trinajstić information content (AvgIpc) is 3.07. The Morgan fingerprint density at radius 1 is 1.11 bits per heavy atom. The molecule has 0 spiro atoms. The van der Waals surface area contributed by atoms with E-state index in [1.165, 1.54) is 23.1 Å². The zero-order valence-electron chi connectivity index (χ0n) is 13.6. The number of nitrogens with one attached hydrogen (secondary N) is 1. The number of benzene rings is 2. The lowest BCUT2D eigenvalue weighted by molar-refractivity contribution is -0.118. The van der Waals surface area contributed by atoms with Crippen LogP contribution in [0.1, 0.15) is 5.56 Å². The van der Waals surface area contributed by atoms with E-state index < -0.39 is 0 Å². The first-order valence-electron chi connectivity index (χ1n) is 7.58. The number of hydrogen-bond acceptors (Lipinski definition) is 6. The molecule has 1 amide bonds. The number of nitrogens with zero attached hydrogens (tertiary/aromatic N) is 2. The number of thioether (sulfide) groups is 1. The molecule has 2 aromatic carbocycles. The predicted octanol–water partition coefficient (Wildman–Crippen LogP) is 5.81. The minimum Gasteiger partial charge on any atom is -0.482 e. The zero-order valence-corrected chi connectivity index (χ0v) is 17.5. The molecule has 3 aromatic rings. The number of amides is 1. The molecule has 0 saturated carbocycles. The number of ether oxygens (including phenoxy) is 1. The van der Waals surface area contributed by atoms with Crippen LogP contribution in [-0.2, 0) is 10.5 Å². The van der Waals surface area contributed by atoms with Crippen molar-refractivity contribution < 1.29 is 9.53 Å². The maximum atomic E-state index is 12.0. The lowest BCUT2D eigenvalue weighted by atomic mass is 10.2. The fourth-order valence-corrected chi connectivity index (χ4v) is 4.47. The van der Waals surface area contributed by atoms with Crippen LogP contribution in [0.25, 0.3) is 0 Å². The van der Waals surface area contributed by atoms with Crippen molar-refractivity contribution in [3.63, 3.8) is 0 Å². The number of para-hydroxylation sites is 1. The van der Waals surface area contributed by atoms with E-state index in [1.807, 2.05) is 6.07 Å². The molecule has 0 aliphatic heterocycles. The van der Waals surface area contributed by atoms with Crippen LogP contribution in [0.4, 0.5) is 5.13 Å². The maximum absolute atomic E-state index is 12.0. The number of hydrogen-bond donors (Lipinski definition) is 1. The second-order valence-electron chi connectivity index (χ2n) is 5.16. The molecule has 0 bridgehead atoms. The summed E-state index contributed by atoms with van der Waals surface area (Å²) in [7, 11) is 0. The van der Waals surface area contributed by atoms with Gasteiger partial charge >= 0.3 is 0 Å². The Balaban J connectivity index is 1.50. The second kappa shape index (κ2) is 9.61. The molecular weight excluding hydrogens is 449 g/mol. The standard InChI is InChI=1S/C17H12Cl3N3O2S2/c18-11-6-5-10(13(20)7-11)9-26-17-23-22-16(27-17)21-15(24)8-25-14-4-2-1-3-12(14)19/h1-7H,8-9H2,(H,21,22,24). The molecule has 0 atom stereocenters. The molecule has 1 heterocycles. The van der Waals surface area contributed by atoms with Crippen molar-refractivity contribution in [3.05, 3.63) is 63.1 Å². The lowest BCUT2D eigenvalue weighted by Gasteiger charge is -2.06. The van der Waals surface area contributed by atoms with Gasteiger partial charge in [-0.2, -0.15) is 0 Å². The molecule has 0 aliphatic rings. The molecule has 3 rings (SSSR count). The summed E-state index contributed by atoms with van der Waals surface area (Å²) in [6, 6.07) is 12.3. The number of halogens is 3. The highest BCUT2D eigenvalue weighted by Gasteiger charge is 2.11. The van der Waals surface area contributed by atoms with E-state index in [9.17, 15) is 4.79 Å². The van der Waals surface area contributed by atoms with E-state index in [2.05, 4.69) is 15.5 Å². The van der Waals surface area contributed by atoms with Crippen molar-refractivity contribution in [2.24, 2.45) is 0 Å². The quantitative estimate of drug-likeness (QED) is 0.356. The molecule has 1 N–H and O–H groups in total. The van der Waals surface area contributed by atoms with Crippen LogP contribution in [0, 0.1) is 0 Å². The van der Waals surface area contributed by atoms with Crippen molar-refractivity contribution >= 4 is 68.9 Å². The van der Waals surface area contributed by atoms with Gasteiger partial charge in [-0.1, -0.05) is 76.1 Å². The van der Waals surface area contributed by atoms with Crippen LogP contribution in [0.5, 0.6) is 5.75 Å². The molecule has 0 fully saturated rings. The minimum absolute atomic E-state index is 0.174. The minimum atomic E-state index is -0.344. The van der Waals surface area contributed by atoms with Gasteiger partial charge in [0.25, 0.3) is 5.91 Å². The fraction of sp³-hybridized carbons (Fsp3) is 0.118. The molecule has 1 aromatic heterocycles. The van der Waals surface area contributed by atoms with Crippen LogP contribution in [-0.4, -0.2) is 22.7 Å². The highest BCUT2D eigenvalue weighted by molar-refractivity contribution is 8.00. The van der Waals surface area contributed by atoms with E-state index in [1.54, 1.807) is 36.4 Å². The van der Waals surface area contributed by atoms with Gasteiger partial charge in [-0.05, 0) is 29.8 Å². The molecule has 27 heavy (non-hydrogen) atoms. The van der Waals surface area contributed by atoms with Gasteiger partial charge in [0.1, 0.15) is 5.75 Å². The summed E-state index contributed by atoms with van der Waals surface area (Å²) in [4.78, 5) is 12.0. The van der Waals surface area contributed by atoms with Crippen molar-refractivity contribution in [1.82, 2.24) is 10.2 Å². The molecule has 0 saturated heterocycles. The van der Waals surface area contributed by atoms with Gasteiger partial charge < -0.3 is 4.74 Å². The van der Waals surface area contributed by atoms with E-state index in [0.717, 1.165) is 5.56 Å². The topological polar surface area (TPSA) is 64.1 Å². The SMILES string of the molecule is O=C(COc1ccccc1Cl)Nc1nnc(SCc2ccc(Cl)cc2Cl)s1. The van der Waals surface area contributed by atoms with Gasteiger partial charge in [-0.15, -0.1) is 10.2 Å². The van der Waals surface area contributed by atoms with Crippen LogP contribution >= 0.6 is 57.9 Å². The first-order chi connectivity index (χ1) is 13.0. The number of aromatic nitrogens is 2. The summed E-state index contributed by atoms with van der Waals surface area (Å²) in [5, 5.41) is 12.7. The second-order valence-corrected chi connectivity index (χ2v) is 8.62. The summed E-state index contributed by atoms with van der Waals surface area (Å²) in [6.45, 7) is -0.174. The Morgan fingerprint density at radius 2 is 1.93 bits per heavy atom. The highest BCUT2D eigenvalue weighted by atomic mass is 35.5. The number of anilines is 1. The maximum Gasteiger partial charge on any atom is 0.264 e. The van der Waals surface area contributed by atoms with Gasteiger partial charge in [0.2, 0.25) is 5.13 Å². The summed E-state index contributed by atoms with van der Waals surface area (Å²) in [6.07, 6.45) is 0. The fourth-order valence-electron chi connectivity index (χ4n) is 1.96. The van der Waals surface area contributed by atoms with Gasteiger partial charge in [-0.3, -0.25) is 10.1 Å². The summed E-state index contributed by atoms with van der Waals surface area (Å²) >= 11 is 20.8. The summed E-state index contributed by atoms with van der Waals surface area (Å²) in [5.74, 6) is 0.722. The van der Waals surface area contributed by atoms with Gasteiger partial charge in [0.05, 0.1) is 5.02 Å². The van der Waals surface area contributed by atoms with E-state index in [-0.39, 0.29) is 12.5 Å². The summed E-state index contributed by atoms with van der Waals surface area (Å²) in [5.41, 5.74) is 0.944. The Hall–Kier alpha value is -1.51. The smallest absolute Gasteiger partial charge is 0.264 e. The number of carbonyl (C=O) groups excluding carboxylic acids is 1. The largest absolute Gasteiger partial charge is 0.482 e. The normalized spacial score (nSPS) is 10.6. The van der Waals surface area contributed by atoms with Crippen molar-refractivity contribution in [2.45, 2.75) is 10.1 Å². The van der Waals surface area contributed by atoms with E-state index in [0.29, 0.717) is 36.0 Å². The van der Waals surface area contributed by atoms with Crippen molar-refractivity contribution in [3.8, 4) is 5.75 Å². The number of carbonyl (C=O) groups is 1. The first kappa shape index (κ1) is 20.2. The molecule has 5 nitrogen and oxygen atoms in total. The first-order valence-corrected chi connectivity index (χ1v) is 10.5. The van der Waals surface area contributed by atoms with Gasteiger partial charge in [0, 0.05) is 15.8 Å². The Bertz CT molecular complexity index is 953. The monoisotopic (exact) mass is 459 g/mol. The third-order valence-corrected chi connectivity index (χ3v) is 6.13. The molecule has 0 unspecified atom stereocenters. The lowest BCUT2D eigenvalue weighted by Crippen LogP contribution is -2.20. The van der Waals surface area contributed by atoms with Crippen LogP contribution in [0.15, 0.2) is 46.8 Å². The Kier molecular flexibility index (Phi) is 7.20. The Labute approximate surface area is 179 Å². The van der Waals surface area contributed by atoms with Crippen LogP contribution in [0.3, 0.4) is 0 Å². The molecule has 0 radical (unpaired) electrons. The predicted molar refractivity (Wildman–Crippen MR) is 112 cm³/mol. The summed E-state index contributed by atoms with van der Waals surface area (Å²) < 4.78 is 6.10. The van der Waals surface area contributed by atoms with Crippen LogP contribution in [0.2, 0.25) is 15.1 Å². The van der Waals surface area contributed by atoms with Crippen LogP contribution < -0.4 is 10.1 Å². The number of rotatable bonds is 7. The third-order valence-electron chi connectivity index (χ3n) is 3.21. The van der Waals surface area contributed by atoms with Gasteiger partial charge in [-0.25, -0.2) is 0 Å². The molecule has 0 aliphatic carbocycles. The Morgan fingerprint density at radius 3 is 2.70 bits per heavy atom. The molecular formula is C17H12Cl3N3O2S2. The van der Waals surface area contributed by atoms with E-state index in [4.69, 9.17) is 39.5 Å². The van der Waals surface area contributed by atoms with Gasteiger partial charge in [0.15, 0.2) is 10.9 Å².